The van der Waals surface area contributed by atoms with E-state index in [0.717, 1.165) is 38.9 Å². The number of rotatable bonds is 5. The van der Waals surface area contributed by atoms with Gasteiger partial charge in [-0.15, -0.1) is 0 Å². The molecule has 1 saturated heterocycles. The van der Waals surface area contributed by atoms with Crippen LogP contribution in [0.2, 0.25) is 0 Å². The van der Waals surface area contributed by atoms with Gasteiger partial charge in [0.15, 0.2) is 0 Å². The Morgan fingerprint density at radius 1 is 1.26 bits per heavy atom. The normalized spacial score (nSPS) is 24.6. The molecule has 19 heavy (non-hydrogen) atoms. The number of hydrogen-bond acceptors (Lipinski definition) is 3. The number of nitrogens with two attached hydrogens (primary N) is 1. The van der Waals surface area contributed by atoms with Gasteiger partial charge in [0.1, 0.15) is 0 Å². The number of piperidine rings is 1. The maximum absolute atomic E-state index is 8.95. The first-order valence-electron chi connectivity index (χ1n) is 7.31. The maximum atomic E-state index is 8.95. The SMILES string of the molecule is Cc1ccc(CN2CC(N)CC(CCCO)C2)cc1. The third-order valence-electron chi connectivity index (χ3n) is 3.94. The molecule has 106 valence electrons. The first-order chi connectivity index (χ1) is 9.17. The summed E-state index contributed by atoms with van der Waals surface area (Å²) >= 11 is 0. The topological polar surface area (TPSA) is 49.5 Å². The van der Waals surface area contributed by atoms with Gasteiger partial charge in [-0.3, -0.25) is 4.90 Å². The minimum atomic E-state index is 0.280. The van der Waals surface area contributed by atoms with Crippen molar-refractivity contribution in [2.45, 2.75) is 38.8 Å². The van der Waals surface area contributed by atoms with Gasteiger partial charge in [-0.05, 0) is 37.7 Å². The summed E-state index contributed by atoms with van der Waals surface area (Å²) in [5, 5.41) is 8.95. The van der Waals surface area contributed by atoms with Gasteiger partial charge in [0.25, 0.3) is 0 Å². The Hall–Kier alpha value is -0.900. The van der Waals surface area contributed by atoms with Crippen LogP contribution < -0.4 is 5.73 Å². The Balaban J connectivity index is 1.90. The molecule has 0 aromatic heterocycles. The zero-order valence-corrected chi connectivity index (χ0v) is 11.9. The molecule has 2 unspecified atom stereocenters. The van der Waals surface area contributed by atoms with E-state index in [1.54, 1.807) is 0 Å². The number of aliphatic hydroxyl groups excluding tert-OH is 1. The van der Waals surface area contributed by atoms with Crippen LogP contribution in [0.5, 0.6) is 0 Å². The molecule has 0 saturated carbocycles. The maximum Gasteiger partial charge on any atom is 0.0431 e. The van der Waals surface area contributed by atoms with E-state index >= 15 is 0 Å². The lowest BCUT2D eigenvalue weighted by molar-refractivity contribution is 0.137. The molecule has 1 heterocycles. The van der Waals surface area contributed by atoms with Crippen LogP contribution in [0.15, 0.2) is 24.3 Å². The van der Waals surface area contributed by atoms with Crippen molar-refractivity contribution in [1.82, 2.24) is 4.90 Å². The lowest BCUT2D eigenvalue weighted by Crippen LogP contribution is -2.46. The molecule has 0 aliphatic carbocycles. The first kappa shape index (κ1) is 14.5. The second-order valence-electron chi connectivity index (χ2n) is 5.91. The minimum Gasteiger partial charge on any atom is -0.396 e. The summed E-state index contributed by atoms with van der Waals surface area (Å²) in [6.45, 7) is 5.50. The highest BCUT2D eigenvalue weighted by Crippen LogP contribution is 2.22. The standard InChI is InChI=1S/C16H26N2O/c1-13-4-6-14(7-5-13)10-18-11-15(3-2-8-19)9-16(17)12-18/h4-7,15-16,19H,2-3,8-12,17H2,1H3. The second kappa shape index (κ2) is 7.04. The van der Waals surface area contributed by atoms with Crippen LogP contribution in [0.1, 0.15) is 30.4 Å². The van der Waals surface area contributed by atoms with Crippen LogP contribution in [-0.2, 0) is 6.54 Å². The molecular formula is C16H26N2O. The van der Waals surface area contributed by atoms with Gasteiger partial charge in [0.2, 0.25) is 0 Å². The number of benzene rings is 1. The molecule has 0 amide bonds. The van der Waals surface area contributed by atoms with Gasteiger partial charge >= 0.3 is 0 Å². The van der Waals surface area contributed by atoms with Gasteiger partial charge in [-0.25, -0.2) is 0 Å². The van der Waals surface area contributed by atoms with E-state index in [1.807, 2.05) is 0 Å². The monoisotopic (exact) mass is 262 g/mol. The highest BCUT2D eigenvalue weighted by molar-refractivity contribution is 5.21. The van der Waals surface area contributed by atoms with Crippen molar-refractivity contribution in [2.24, 2.45) is 11.7 Å². The van der Waals surface area contributed by atoms with Gasteiger partial charge in [0.05, 0.1) is 0 Å². The van der Waals surface area contributed by atoms with Crippen LogP contribution in [0.25, 0.3) is 0 Å². The zero-order valence-electron chi connectivity index (χ0n) is 11.9. The molecule has 2 rings (SSSR count). The predicted molar refractivity (Wildman–Crippen MR) is 78.9 cm³/mol. The molecule has 1 aromatic rings. The Labute approximate surface area is 116 Å². The summed E-state index contributed by atoms with van der Waals surface area (Å²) in [6, 6.07) is 9.03. The fourth-order valence-electron chi connectivity index (χ4n) is 3.02. The number of hydrogen-bond donors (Lipinski definition) is 2. The highest BCUT2D eigenvalue weighted by atomic mass is 16.2. The molecule has 3 nitrogen and oxygen atoms in total. The fourth-order valence-corrected chi connectivity index (χ4v) is 3.02. The van der Waals surface area contributed by atoms with Crippen LogP contribution in [0.4, 0.5) is 0 Å². The third kappa shape index (κ3) is 4.60. The summed E-state index contributed by atoms with van der Waals surface area (Å²) in [7, 11) is 0. The molecule has 2 atom stereocenters. The van der Waals surface area contributed by atoms with Crippen LogP contribution in [0, 0.1) is 12.8 Å². The lowest BCUT2D eigenvalue weighted by Gasteiger charge is -2.36. The molecule has 0 spiro atoms. The molecule has 1 aliphatic rings. The van der Waals surface area contributed by atoms with Crippen molar-refractivity contribution in [2.75, 3.05) is 19.7 Å². The number of likely N-dealkylation sites (tertiary alicyclic amines) is 1. The van der Waals surface area contributed by atoms with E-state index in [2.05, 4.69) is 36.1 Å². The van der Waals surface area contributed by atoms with Crippen LogP contribution in [0.3, 0.4) is 0 Å². The van der Waals surface area contributed by atoms with Crippen molar-refractivity contribution in [3.8, 4) is 0 Å². The van der Waals surface area contributed by atoms with Gasteiger partial charge < -0.3 is 10.8 Å². The molecule has 3 N–H and O–H groups in total. The van der Waals surface area contributed by atoms with E-state index in [9.17, 15) is 0 Å². The van der Waals surface area contributed by atoms with Crippen molar-refractivity contribution in [1.29, 1.82) is 0 Å². The molecule has 0 radical (unpaired) electrons. The zero-order chi connectivity index (χ0) is 13.7. The average molecular weight is 262 g/mol. The van der Waals surface area contributed by atoms with E-state index in [-0.39, 0.29) is 6.04 Å². The van der Waals surface area contributed by atoms with E-state index in [4.69, 9.17) is 10.8 Å². The molecule has 3 heteroatoms. The Bertz CT molecular complexity index is 377. The van der Waals surface area contributed by atoms with Crippen molar-refractivity contribution in [3.05, 3.63) is 35.4 Å². The highest BCUT2D eigenvalue weighted by Gasteiger charge is 2.24. The number of nitrogens with zero attached hydrogens (tertiary/aromatic N) is 1. The quantitative estimate of drug-likeness (QED) is 0.852. The molecule has 1 fully saturated rings. The Morgan fingerprint density at radius 3 is 2.68 bits per heavy atom. The molecule has 1 aliphatic heterocycles. The summed E-state index contributed by atoms with van der Waals surface area (Å²) in [6.07, 6.45) is 3.09. The van der Waals surface area contributed by atoms with E-state index in [1.165, 1.54) is 11.1 Å². The number of aliphatic hydroxyl groups is 1. The van der Waals surface area contributed by atoms with Crippen molar-refractivity contribution in [3.63, 3.8) is 0 Å². The van der Waals surface area contributed by atoms with Crippen molar-refractivity contribution >= 4 is 0 Å². The predicted octanol–water partition coefficient (Wildman–Crippen LogP) is 1.92. The Morgan fingerprint density at radius 2 is 2.00 bits per heavy atom. The number of aryl methyl sites for hydroxylation is 1. The van der Waals surface area contributed by atoms with Crippen LogP contribution in [-0.4, -0.2) is 35.7 Å². The first-order valence-corrected chi connectivity index (χ1v) is 7.31. The van der Waals surface area contributed by atoms with Gasteiger partial charge in [0, 0.05) is 32.3 Å². The van der Waals surface area contributed by atoms with Gasteiger partial charge in [-0.2, -0.15) is 0 Å². The summed E-state index contributed by atoms with van der Waals surface area (Å²) in [5.41, 5.74) is 8.83. The molecular weight excluding hydrogens is 236 g/mol. The van der Waals surface area contributed by atoms with Crippen molar-refractivity contribution < 1.29 is 5.11 Å². The second-order valence-corrected chi connectivity index (χ2v) is 5.91. The smallest absolute Gasteiger partial charge is 0.0431 e. The Kier molecular flexibility index (Phi) is 5.37. The molecule has 0 bridgehead atoms. The fraction of sp³-hybridized carbons (Fsp3) is 0.625. The lowest BCUT2D eigenvalue weighted by atomic mass is 9.90. The molecule has 1 aromatic carbocycles. The largest absolute Gasteiger partial charge is 0.396 e. The van der Waals surface area contributed by atoms with E-state index < -0.39 is 0 Å². The van der Waals surface area contributed by atoms with Crippen LogP contribution >= 0.6 is 0 Å². The minimum absolute atomic E-state index is 0.280. The summed E-state index contributed by atoms with van der Waals surface area (Å²) in [4.78, 5) is 2.46. The average Bonchev–Trinajstić information content (AvgIpc) is 2.38. The third-order valence-corrected chi connectivity index (χ3v) is 3.94. The summed E-state index contributed by atoms with van der Waals surface area (Å²) in [5.74, 6) is 0.640. The summed E-state index contributed by atoms with van der Waals surface area (Å²) < 4.78 is 0. The van der Waals surface area contributed by atoms with Gasteiger partial charge in [-0.1, -0.05) is 29.8 Å². The van der Waals surface area contributed by atoms with E-state index in [0.29, 0.717) is 12.5 Å².